The van der Waals surface area contributed by atoms with Crippen molar-refractivity contribution >= 4 is 5.52 Å². The molecule has 1 aliphatic carbocycles. The van der Waals surface area contributed by atoms with E-state index in [1.807, 2.05) is 0 Å². The predicted octanol–water partition coefficient (Wildman–Crippen LogP) is 3.58. The first-order valence-corrected chi connectivity index (χ1v) is 7.93. The van der Waals surface area contributed by atoms with E-state index in [-0.39, 0.29) is 17.9 Å². The first kappa shape index (κ1) is 15.0. The molecule has 1 aromatic carbocycles. The summed E-state index contributed by atoms with van der Waals surface area (Å²) >= 11 is 0. The van der Waals surface area contributed by atoms with Gasteiger partial charge in [-0.1, -0.05) is 12.1 Å². The largest absolute Gasteiger partial charge is 0.326 e. The van der Waals surface area contributed by atoms with Crippen LogP contribution >= 0.6 is 0 Å². The minimum absolute atomic E-state index is 0.210. The van der Waals surface area contributed by atoms with Crippen LogP contribution in [0.3, 0.4) is 0 Å². The fourth-order valence-electron chi connectivity index (χ4n) is 3.35. The number of nitrogens with zero attached hydrogens (tertiary/aromatic N) is 1. The van der Waals surface area contributed by atoms with Gasteiger partial charge in [-0.3, -0.25) is 9.20 Å². The monoisotopic (exact) mass is 326 g/mol. The molecule has 0 amide bonds. The van der Waals surface area contributed by atoms with Crippen molar-refractivity contribution in [2.75, 3.05) is 0 Å². The third-order valence-electron chi connectivity index (χ3n) is 4.57. The van der Waals surface area contributed by atoms with Gasteiger partial charge >= 0.3 is 0 Å². The maximum absolute atomic E-state index is 13.7. The van der Waals surface area contributed by atoms with Crippen LogP contribution in [0, 0.1) is 11.6 Å². The third kappa shape index (κ3) is 2.32. The van der Waals surface area contributed by atoms with Gasteiger partial charge in [-0.05, 0) is 59.7 Å². The van der Waals surface area contributed by atoms with Crippen LogP contribution in [0.25, 0.3) is 16.6 Å². The van der Waals surface area contributed by atoms with E-state index in [4.69, 9.17) is 5.73 Å². The van der Waals surface area contributed by atoms with Crippen molar-refractivity contribution in [2.45, 2.75) is 25.3 Å². The zero-order valence-electron chi connectivity index (χ0n) is 12.9. The normalized spacial score (nSPS) is 14.3. The van der Waals surface area contributed by atoms with E-state index in [0.29, 0.717) is 22.6 Å². The zero-order chi connectivity index (χ0) is 16.8. The van der Waals surface area contributed by atoms with Gasteiger partial charge in [0.1, 0.15) is 11.6 Å². The highest BCUT2D eigenvalue weighted by Crippen LogP contribution is 2.45. The van der Waals surface area contributed by atoms with Crippen LogP contribution in [0.5, 0.6) is 0 Å². The Morgan fingerprint density at radius 2 is 1.71 bits per heavy atom. The number of hydrogen-bond acceptors (Lipinski definition) is 2. The summed E-state index contributed by atoms with van der Waals surface area (Å²) in [5, 5.41) is 0. The van der Waals surface area contributed by atoms with Crippen molar-refractivity contribution in [3.8, 4) is 11.1 Å². The van der Waals surface area contributed by atoms with Crippen LogP contribution in [0.4, 0.5) is 8.78 Å². The van der Waals surface area contributed by atoms with Crippen molar-refractivity contribution < 1.29 is 8.78 Å². The number of benzene rings is 1. The molecule has 4 rings (SSSR count). The molecule has 24 heavy (non-hydrogen) atoms. The number of hydrogen-bond donors (Lipinski definition) is 1. The fraction of sp³-hybridized carbons (Fsp3) is 0.211. The Morgan fingerprint density at radius 1 is 1.04 bits per heavy atom. The minimum atomic E-state index is -0.475. The van der Waals surface area contributed by atoms with E-state index in [1.165, 1.54) is 28.8 Å². The van der Waals surface area contributed by atoms with Crippen LogP contribution in [-0.4, -0.2) is 4.40 Å². The van der Waals surface area contributed by atoms with Gasteiger partial charge in [-0.25, -0.2) is 8.78 Å². The van der Waals surface area contributed by atoms with Gasteiger partial charge in [-0.15, -0.1) is 0 Å². The lowest BCUT2D eigenvalue weighted by Crippen LogP contribution is -2.22. The Balaban J connectivity index is 2.13. The number of aromatic nitrogens is 1. The Labute approximate surface area is 137 Å². The molecule has 1 saturated carbocycles. The highest BCUT2D eigenvalue weighted by atomic mass is 19.1. The van der Waals surface area contributed by atoms with E-state index >= 15 is 0 Å². The van der Waals surface area contributed by atoms with Gasteiger partial charge in [0.2, 0.25) is 0 Å². The number of nitrogens with two attached hydrogens (primary N) is 1. The second-order valence-corrected chi connectivity index (χ2v) is 6.16. The summed E-state index contributed by atoms with van der Waals surface area (Å²) in [6.45, 7) is 0.210. The summed E-state index contributed by atoms with van der Waals surface area (Å²) in [5.41, 5.74) is 9.17. The predicted molar refractivity (Wildman–Crippen MR) is 88.9 cm³/mol. The lowest BCUT2D eigenvalue weighted by atomic mass is 9.93. The SMILES string of the molecule is NCc1c(-c2ccc(F)cc2)c(=O)n2cc(F)ccc2c1C1CC1. The van der Waals surface area contributed by atoms with Gasteiger partial charge in [0.15, 0.2) is 0 Å². The molecule has 2 heterocycles. The summed E-state index contributed by atoms with van der Waals surface area (Å²) in [7, 11) is 0. The molecule has 0 bridgehead atoms. The van der Waals surface area contributed by atoms with Gasteiger partial charge in [-0.2, -0.15) is 0 Å². The Hall–Kier alpha value is -2.53. The topological polar surface area (TPSA) is 47.5 Å². The fourth-order valence-corrected chi connectivity index (χ4v) is 3.35. The Morgan fingerprint density at radius 3 is 2.33 bits per heavy atom. The van der Waals surface area contributed by atoms with Crippen molar-refractivity contribution in [3.63, 3.8) is 0 Å². The molecule has 0 unspecified atom stereocenters. The highest BCUT2D eigenvalue weighted by Gasteiger charge is 2.31. The summed E-state index contributed by atoms with van der Waals surface area (Å²) in [5.74, 6) is -0.511. The smallest absolute Gasteiger partial charge is 0.263 e. The highest BCUT2D eigenvalue weighted by molar-refractivity contribution is 5.74. The van der Waals surface area contributed by atoms with E-state index in [0.717, 1.165) is 24.0 Å². The third-order valence-corrected chi connectivity index (χ3v) is 4.57. The van der Waals surface area contributed by atoms with Crippen LogP contribution in [0.15, 0.2) is 47.4 Å². The maximum atomic E-state index is 13.7. The van der Waals surface area contributed by atoms with Gasteiger partial charge in [0.25, 0.3) is 5.56 Å². The van der Waals surface area contributed by atoms with E-state index < -0.39 is 5.82 Å². The summed E-state index contributed by atoms with van der Waals surface area (Å²) in [6, 6.07) is 8.75. The average Bonchev–Trinajstić information content (AvgIpc) is 3.41. The Kier molecular flexibility index (Phi) is 3.46. The molecule has 0 spiro atoms. The van der Waals surface area contributed by atoms with Gasteiger partial charge in [0.05, 0.1) is 11.1 Å². The van der Waals surface area contributed by atoms with Crippen LogP contribution < -0.4 is 11.3 Å². The molecule has 1 aliphatic rings. The van der Waals surface area contributed by atoms with Crippen LogP contribution in [0.1, 0.15) is 29.9 Å². The molecule has 1 fully saturated rings. The molecule has 0 radical (unpaired) electrons. The molecule has 5 heteroatoms. The van der Waals surface area contributed by atoms with E-state index in [1.54, 1.807) is 18.2 Å². The number of halogens is 2. The van der Waals surface area contributed by atoms with E-state index in [9.17, 15) is 13.6 Å². The lowest BCUT2D eigenvalue weighted by molar-refractivity contribution is 0.618. The maximum Gasteiger partial charge on any atom is 0.263 e. The number of rotatable bonds is 3. The molecule has 122 valence electrons. The Bertz CT molecular complexity index is 989. The lowest BCUT2D eigenvalue weighted by Gasteiger charge is -2.17. The van der Waals surface area contributed by atoms with Crippen LogP contribution in [0.2, 0.25) is 0 Å². The molecule has 3 nitrogen and oxygen atoms in total. The zero-order valence-corrected chi connectivity index (χ0v) is 12.9. The molecule has 0 aliphatic heterocycles. The molecule has 0 saturated heterocycles. The molecule has 3 aromatic rings. The second kappa shape index (κ2) is 5.53. The quantitative estimate of drug-likeness (QED) is 0.800. The molecular formula is C19H16F2N2O. The second-order valence-electron chi connectivity index (χ2n) is 6.16. The van der Waals surface area contributed by atoms with Gasteiger partial charge < -0.3 is 5.73 Å². The van der Waals surface area contributed by atoms with Crippen LogP contribution in [-0.2, 0) is 6.54 Å². The minimum Gasteiger partial charge on any atom is -0.326 e. The molecule has 0 atom stereocenters. The molecular weight excluding hydrogens is 310 g/mol. The van der Waals surface area contributed by atoms with Crippen molar-refractivity contribution in [1.29, 1.82) is 0 Å². The molecule has 2 aromatic heterocycles. The van der Waals surface area contributed by atoms with Crippen molar-refractivity contribution in [2.24, 2.45) is 5.73 Å². The number of pyridine rings is 2. The van der Waals surface area contributed by atoms with Crippen molar-refractivity contribution in [1.82, 2.24) is 4.40 Å². The summed E-state index contributed by atoms with van der Waals surface area (Å²) < 4.78 is 28.3. The van der Waals surface area contributed by atoms with Gasteiger partial charge in [0, 0.05) is 12.7 Å². The van der Waals surface area contributed by atoms with E-state index in [2.05, 4.69) is 0 Å². The van der Waals surface area contributed by atoms with Crippen molar-refractivity contribution in [3.05, 3.63) is 75.7 Å². The first-order chi connectivity index (χ1) is 11.6. The standard InChI is InChI=1S/C19H16F2N2O/c20-13-5-3-12(4-6-13)18-15(9-22)17(11-1-2-11)16-8-7-14(21)10-23(16)19(18)24/h3-8,10-11H,1-2,9,22H2. The first-order valence-electron chi connectivity index (χ1n) is 7.93. The summed E-state index contributed by atoms with van der Waals surface area (Å²) in [4.78, 5) is 13.0. The summed E-state index contributed by atoms with van der Waals surface area (Å²) in [6.07, 6.45) is 3.26. The average molecular weight is 326 g/mol. The number of fused-ring (bicyclic) bond motifs is 1. The molecule has 2 N–H and O–H groups in total.